The third-order valence-electron chi connectivity index (χ3n) is 3.73. The first-order valence-electron chi connectivity index (χ1n) is 7.12. The summed E-state index contributed by atoms with van der Waals surface area (Å²) in [6.45, 7) is -0.940. The van der Waals surface area contributed by atoms with Crippen LogP contribution >= 0.6 is 12.6 Å². The van der Waals surface area contributed by atoms with E-state index in [0.717, 1.165) is 0 Å². The second-order valence-electron chi connectivity index (χ2n) is 5.44. The average Bonchev–Trinajstić information content (AvgIpc) is 2.58. The predicted molar refractivity (Wildman–Crippen MR) is 78.7 cm³/mol. The number of aliphatic hydroxyl groups is 9. The molecule has 10 atom stereocenters. The molecule has 144 valence electrons. The summed E-state index contributed by atoms with van der Waals surface area (Å²) in [7, 11) is 0. The van der Waals surface area contributed by atoms with Crippen LogP contribution in [0.5, 0.6) is 0 Å². The van der Waals surface area contributed by atoms with Crippen LogP contribution in [0.1, 0.15) is 0 Å². The molecule has 2 heterocycles. The summed E-state index contributed by atoms with van der Waals surface area (Å²) in [6, 6.07) is 0. The molecule has 0 saturated carbocycles. The Kier molecular flexibility index (Phi) is 8.75. The quantitative estimate of drug-likeness (QED) is 0.206. The minimum atomic E-state index is -1.57. The van der Waals surface area contributed by atoms with E-state index in [1.807, 2.05) is 0 Å². The van der Waals surface area contributed by atoms with Crippen molar-refractivity contribution in [2.75, 3.05) is 13.2 Å². The molecule has 2 aliphatic rings. The Bertz CT molecular complexity index is 331. The molecular formula is C12H24O11S. The minimum absolute atomic E-state index is 0.415. The molecule has 2 saturated heterocycles. The van der Waals surface area contributed by atoms with Crippen LogP contribution in [-0.4, -0.2) is 120 Å². The summed E-state index contributed by atoms with van der Waals surface area (Å²) in [4.78, 5) is 0. The van der Waals surface area contributed by atoms with Gasteiger partial charge < -0.3 is 55.4 Å². The van der Waals surface area contributed by atoms with Crippen molar-refractivity contribution in [1.29, 1.82) is 0 Å². The van der Waals surface area contributed by atoms with Crippen molar-refractivity contribution in [2.45, 2.75) is 60.6 Å². The Morgan fingerprint density at radius 3 is 1.46 bits per heavy atom. The molecule has 12 heteroatoms. The van der Waals surface area contributed by atoms with E-state index in [1.165, 1.54) is 0 Å². The maximum atomic E-state index is 9.20. The van der Waals surface area contributed by atoms with Crippen molar-refractivity contribution in [3.05, 3.63) is 0 Å². The van der Waals surface area contributed by atoms with E-state index < -0.39 is 73.8 Å². The fourth-order valence-electron chi connectivity index (χ4n) is 2.16. The lowest BCUT2D eigenvalue weighted by atomic mass is 10.00. The van der Waals surface area contributed by atoms with Gasteiger partial charge in [0.25, 0.3) is 0 Å². The molecule has 2 aliphatic heterocycles. The zero-order chi connectivity index (χ0) is 18.6. The molecule has 0 bridgehead atoms. The van der Waals surface area contributed by atoms with Crippen LogP contribution in [0, 0.1) is 0 Å². The molecule has 0 aliphatic carbocycles. The molecule has 2 fully saturated rings. The van der Waals surface area contributed by atoms with E-state index >= 15 is 0 Å². The molecule has 0 aromatic heterocycles. The SMILES string of the molecule is OC[C@H]1OC(O)[C@H](O)[C@@H](O)[C@H]1O.OC[C@H]1O[C@@H](S)[C@H](O)[C@@H](O)[C@H]1O. The Morgan fingerprint density at radius 1 is 0.583 bits per heavy atom. The Morgan fingerprint density at radius 2 is 1.00 bits per heavy atom. The molecular weight excluding hydrogens is 352 g/mol. The van der Waals surface area contributed by atoms with Crippen molar-refractivity contribution in [1.82, 2.24) is 0 Å². The third kappa shape index (κ3) is 4.97. The normalized spacial score (nSPS) is 49.2. The monoisotopic (exact) mass is 376 g/mol. The van der Waals surface area contributed by atoms with Gasteiger partial charge in [-0.05, 0) is 0 Å². The van der Waals surface area contributed by atoms with Gasteiger partial charge in [0, 0.05) is 0 Å². The standard InChI is InChI=1S/C6H12O6.C6H12O5S/c7-1-2-3(8)4(9)5(10)6(11)12-2;7-1-2-3(8)4(9)5(10)6(12)11-2/h2-11H,1H2;2-10,12H,1H2/t2-,3+,4+,5-,6?;2-,3+,4+,5-,6+/m11/s1. The fraction of sp³-hybridized carbons (Fsp3) is 1.00. The zero-order valence-electron chi connectivity index (χ0n) is 12.5. The number of hydrogen-bond acceptors (Lipinski definition) is 12. The van der Waals surface area contributed by atoms with E-state index in [2.05, 4.69) is 17.4 Å². The second-order valence-corrected chi connectivity index (χ2v) is 5.95. The van der Waals surface area contributed by atoms with E-state index in [0.29, 0.717) is 0 Å². The van der Waals surface area contributed by atoms with Gasteiger partial charge in [0.1, 0.15) is 54.3 Å². The molecule has 11 nitrogen and oxygen atoms in total. The lowest BCUT2D eigenvalue weighted by Gasteiger charge is -2.37. The predicted octanol–water partition coefficient (Wildman–Crippen LogP) is -5.51. The Balaban J connectivity index is 0.000000240. The Hall–Kier alpha value is -0.0900. The number of rotatable bonds is 2. The van der Waals surface area contributed by atoms with Gasteiger partial charge in [-0.1, -0.05) is 0 Å². The topological polar surface area (TPSA) is 201 Å². The lowest BCUT2D eigenvalue weighted by molar-refractivity contribution is -0.286. The summed E-state index contributed by atoms with van der Waals surface area (Å²) >= 11 is 3.81. The van der Waals surface area contributed by atoms with Crippen LogP contribution in [0.3, 0.4) is 0 Å². The summed E-state index contributed by atoms with van der Waals surface area (Å²) in [6.07, 6.45) is -11.7. The first kappa shape index (κ1) is 22.0. The molecule has 0 amide bonds. The summed E-state index contributed by atoms with van der Waals surface area (Å²) in [5, 5.41) is 80.8. The second kappa shape index (κ2) is 9.56. The smallest absolute Gasteiger partial charge is 0.184 e. The number of hydrogen-bond donors (Lipinski definition) is 10. The largest absolute Gasteiger partial charge is 0.394 e. The highest BCUT2D eigenvalue weighted by molar-refractivity contribution is 7.80. The van der Waals surface area contributed by atoms with Gasteiger partial charge in [0.15, 0.2) is 6.29 Å². The summed E-state index contributed by atoms with van der Waals surface area (Å²) < 4.78 is 9.46. The van der Waals surface area contributed by atoms with Crippen LogP contribution in [0.4, 0.5) is 0 Å². The van der Waals surface area contributed by atoms with Gasteiger partial charge in [-0.3, -0.25) is 0 Å². The summed E-state index contributed by atoms with van der Waals surface area (Å²) in [5.41, 5.74) is -0.874. The highest BCUT2D eigenvalue weighted by Crippen LogP contribution is 2.22. The maximum absolute atomic E-state index is 9.20. The maximum Gasteiger partial charge on any atom is 0.184 e. The highest BCUT2D eigenvalue weighted by atomic mass is 32.1. The molecule has 0 aromatic rings. The van der Waals surface area contributed by atoms with Crippen molar-refractivity contribution in [2.24, 2.45) is 0 Å². The van der Waals surface area contributed by atoms with Crippen LogP contribution in [0.15, 0.2) is 0 Å². The van der Waals surface area contributed by atoms with Crippen molar-refractivity contribution < 1.29 is 55.4 Å². The molecule has 24 heavy (non-hydrogen) atoms. The molecule has 0 radical (unpaired) electrons. The van der Waals surface area contributed by atoms with Crippen molar-refractivity contribution >= 4 is 12.6 Å². The highest BCUT2D eigenvalue weighted by Gasteiger charge is 2.43. The van der Waals surface area contributed by atoms with Crippen LogP contribution in [0.2, 0.25) is 0 Å². The molecule has 1 unspecified atom stereocenters. The average molecular weight is 376 g/mol. The number of ether oxygens (including phenoxy) is 2. The number of aliphatic hydroxyl groups excluding tert-OH is 9. The van der Waals surface area contributed by atoms with Crippen LogP contribution in [0.25, 0.3) is 0 Å². The fourth-order valence-corrected chi connectivity index (χ4v) is 2.50. The van der Waals surface area contributed by atoms with E-state index in [9.17, 15) is 10.2 Å². The van der Waals surface area contributed by atoms with Gasteiger partial charge >= 0.3 is 0 Å². The van der Waals surface area contributed by atoms with E-state index in [-0.39, 0.29) is 0 Å². The third-order valence-corrected chi connectivity index (χ3v) is 4.16. The minimum Gasteiger partial charge on any atom is -0.394 e. The van der Waals surface area contributed by atoms with Gasteiger partial charge in [0.05, 0.1) is 13.2 Å². The molecule has 9 N–H and O–H groups in total. The molecule has 2 rings (SSSR count). The van der Waals surface area contributed by atoms with Gasteiger partial charge in [-0.15, -0.1) is 12.6 Å². The van der Waals surface area contributed by atoms with E-state index in [4.69, 9.17) is 40.5 Å². The van der Waals surface area contributed by atoms with E-state index in [1.54, 1.807) is 0 Å². The van der Waals surface area contributed by atoms with Gasteiger partial charge in [0.2, 0.25) is 0 Å². The number of thiol groups is 1. The van der Waals surface area contributed by atoms with Gasteiger partial charge in [-0.2, -0.15) is 0 Å². The van der Waals surface area contributed by atoms with Gasteiger partial charge in [-0.25, -0.2) is 0 Å². The molecule has 0 aromatic carbocycles. The lowest BCUT2D eigenvalue weighted by Crippen LogP contribution is -2.58. The zero-order valence-corrected chi connectivity index (χ0v) is 13.4. The first-order valence-corrected chi connectivity index (χ1v) is 7.64. The van der Waals surface area contributed by atoms with Crippen LogP contribution < -0.4 is 0 Å². The van der Waals surface area contributed by atoms with Crippen molar-refractivity contribution in [3.63, 3.8) is 0 Å². The molecule has 0 spiro atoms. The van der Waals surface area contributed by atoms with Crippen molar-refractivity contribution in [3.8, 4) is 0 Å². The summed E-state index contributed by atoms with van der Waals surface area (Å²) in [5.74, 6) is 0. The van der Waals surface area contributed by atoms with Crippen LogP contribution in [-0.2, 0) is 9.47 Å². The Labute approximate surface area is 142 Å². The first-order chi connectivity index (χ1) is 11.1.